The summed E-state index contributed by atoms with van der Waals surface area (Å²) in [4.78, 5) is 27.5. The van der Waals surface area contributed by atoms with Crippen LogP contribution in [0, 0.1) is 0 Å². The molecule has 94 valence electrons. The number of nitrogens with zero attached hydrogens (tertiary/aromatic N) is 2. The number of carbonyl (C=O) groups is 2. The summed E-state index contributed by atoms with van der Waals surface area (Å²) in [5.41, 5.74) is 6.77. The first-order valence-electron chi connectivity index (χ1n) is 5.53. The van der Waals surface area contributed by atoms with E-state index in [9.17, 15) is 9.59 Å². The highest BCUT2D eigenvalue weighted by atomic mass is 16.6. The first-order chi connectivity index (χ1) is 8.66. The summed E-state index contributed by atoms with van der Waals surface area (Å²) < 4.78 is 4.31. The molecule has 2 amide bonds. The van der Waals surface area contributed by atoms with Crippen LogP contribution in [0.4, 0.5) is 9.59 Å². The number of nitrogens with two attached hydrogens (primary N) is 1. The summed E-state index contributed by atoms with van der Waals surface area (Å²) in [5, 5.41) is 0. The lowest BCUT2D eigenvalue weighted by Crippen LogP contribution is -2.37. The minimum Gasteiger partial charge on any atom is -0.359 e. The van der Waals surface area contributed by atoms with Crippen molar-refractivity contribution in [2.24, 2.45) is 5.73 Å². The topological polar surface area (TPSA) is 85.5 Å². The smallest absolute Gasteiger partial charge is 0.359 e. The number of carbonyl (C=O) groups excluding carboxylic acids is 2. The highest BCUT2D eigenvalue weighted by Gasteiger charge is 2.20. The third-order valence-electron chi connectivity index (χ3n) is 2.65. The molecule has 0 saturated carbocycles. The van der Waals surface area contributed by atoms with Gasteiger partial charge in [-0.05, 0) is 24.1 Å². The van der Waals surface area contributed by atoms with Gasteiger partial charge in [-0.3, -0.25) is 4.98 Å². The molecule has 0 bridgehead atoms. The Kier molecular flexibility index (Phi) is 3.57. The third kappa shape index (κ3) is 2.85. The van der Waals surface area contributed by atoms with E-state index in [1.54, 1.807) is 6.20 Å². The standard InChI is InChI=1S/C12H13N3O3/c13-11(16)18-12(17)15-7-4-9(5-8-15)10-3-1-2-6-14-10/h1-4,6H,5,7-8H2,(H2,13,16). The van der Waals surface area contributed by atoms with Gasteiger partial charge in [-0.1, -0.05) is 12.1 Å². The zero-order chi connectivity index (χ0) is 13.0. The first-order valence-corrected chi connectivity index (χ1v) is 5.53. The number of rotatable bonds is 1. The maximum absolute atomic E-state index is 11.4. The molecule has 0 aliphatic carbocycles. The van der Waals surface area contributed by atoms with Crippen LogP contribution in [0.5, 0.6) is 0 Å². The van der Waals surface area contributed by atoms with Crippen molar-refractivity contribution in [1.29, 1.82) is 0 Å². The Morgan fingerprint density at radius 1 is 1.39 bits per heavy atom. The van der Waals surface area contributed by atoms with E-state index in [0.717, 1.165) is 11.3 Å². The number of pyridine rings is 1. The summed E-state index contributed by atoms with van der Waals surface area (Å²) in [6, 6.07) is 5.68. The van der Waals surface area contributed by atoms with E-state index in [1.807, 2.05) is 24.3 Å². The maximum atomic E-state index is 11.4. The van der Waals surface area contributed by atoms with Gasteiger partial charge in [0.15, 0.2) is 0 Å². The van der Waals surface area contributed by atoms with E-state index in [0.29, 0.717) is 19.5 Å². The van der Waals surface area contributed by atoms with Crippen LogP contribution in [0.25, 0.3) is 5.57 Å². The van der Waals surface area contributed by atoms with Gasteiger partial charge in [0.1, 0.15) is 0 Å². The average molecular weight is 247 g/mol. The summed E-state index contributed by atoms with van der Waals surface area (Å²) in [7, 11) is 0. The van der Waals surface area contributed by atoms with Crippen LogP contribution in [-0.4, -0.2) is 35.2 Å². The highest BCUT2D eigenvalue weighted by Crippen LogP contribution is 2.20. The Morgan fingerprint density at radius 2 is 2.22 bits per heavy atom. The monoisotopic (exact) mass is 247 g/mol. The van der Waals surface area contributed by atoms with Crippen LogP contribution < -0.4 is 5.73 Å². The molecule has 6 nitrogen and oxygen atoms in total. The zero-order valence-electron chi connectivity index (χ0n) is 9.70. The molecule has 0 radical (unpaired) electrons. The number of ether oxygens (including phenoxy) is 1. The van der Waals surface area contributed by atoms with Crippen molar-refractivity contribution in [2.75, 3.05) is 13.1 Å². The quantitative estimate of drug-likeness (QED) is 0.760. The van der Waals surface area contributed by atoms with Gasteiger partial charge in [0.25, 0.3) is 0 Å². The summed E-state index contributed by atoms with van der Waals surface area (Å²) >= 11 is 0. The Balaban J connectivity index is 2.00. The van der Waals surface area contributed by atoms with Crippen LogP contribution in [0.1, 0.15) is 12.1 Å². The predicted molar refractivity (Wildman–Crippen MR) is 64.5 cm³/mol. The Bertz CT molecular complexity index is 485. The fourth-order valence-corrected chi connectivity index (χ4v) is 1.77. The van der Waals surface area contributed by atoms with Crippen molar-refractivity contribution in [2.45, 2.75) is 6.42 Å². The molecule has 0 fully saturated rings. The SMILES string of the molecule is NC(=O)OC(=O)N1CC=C(c2ccccn2)CC1. The van der Waals surface area contributed by atoms with E-state index < -0.39 is 12.2 Å². The van der Waals surface area contributed by atoms with Gasteiger partial charge in [-0.15, -0.1) is 0 Å². The number of aromatic nitrogens is 1. The van der Waals surface area contributed by atoms with Crippen molar-refractivity contribution >= 4 is 17.8 Å². The summed E-state index contributed by atoms with van der Waals surface area (Å²) in [5.74, 6) is 0. The molecule has 2 heterocycles. The molecule has 1 aliphatic heterocycles. The largest absolute Gasteiger partial charge is 0.419 e. The van der Waals surface area contributed by atoms with Gasteiger partial charge >= 0.3 is 12.2 Å². The molecule has 0 aromatic carbocycles. The van der Waals surface area contributed by atoms with E-state index >= 15 is 0 Å². The second-order valence-electron chi connectivity index (χ2n) is 3.83. The van der Waals surface area contributed by atoms with Gasteiger partial charge < -0.3 is 15.4 Å². The molecular weight excluding hydrogens is 234 g/mol. The second-order valence-corrected chi connectivity index (χ2v) is 3.83. The molecule has 2 N–H and O–H groups in total. The fraction of sp³-hybridized carbons (Fsp3) is 0.250. The van der Waals surface area contributed by atoms with Gasteiger partial charge in [0.2, 0.25) is 0 Å². The van der Waals surface area contributed by atoms with Crippen LogP contribution >= 0.6 is 0 Å². The molecule has 18 heavy (non-hydrogen) atoms. The van der Waals surface area contributed by atoms with Gasteiger partial charge in [-0.2, -0.15) is 0 Å². The Hall–Kier alpha value is -2.37. The van der Waals surface area contributed by atoms with Crippen LogP contribution in [0.15, 0.2) is 30.5 Å². The van der Waals surface area contributed by atoms with Crippen LogP contribution in [0.3, 0.4) is 0 Å². The number of hydrogen-bond donors (Lipinski definition) is 1. The maximum Gasteiger partial charge on any atom is 0.419 e. The number of hydrogen-bond acceptors (Lipinski definition) is 4. The number of primary amides is 1. The Labute approximate surface area is 104 Å². The molecule has 1 aliphatic rings. The minimum atomic E-state index is -1.08. The average Bonchev–Trinajstić information content (AvgIpc) is 2.39. The highest BCUT2D eigenvalue weighted by molar-refractivity contribution is 5.83. The zero-order valence-corrected chi connectivity index (χ0v) is 9.70. The van der Waals surface area contributed by atoms with Gasteiger partial charge in [0.05, 0.1) is 5.69 Å². The first kappa shape index (κ1) is 12.1. The lowest BCUT2D eigenvalue weighted by molar-refractivity contribution is 0.125. The molecule has 1 aromatic heterocycles. The Morgan fingerprint density at radius 3 is 2.78 bits per heavy atom. The van der Waals surface area contributed by atoms with Gasteiger partial charge in [0, 0.05) is 19.3 Å². The molecule has 1 aromatic rings. The normalized spacial score (nSPS) is 14.9. The molecule has 0 unspecified atom stereocenters. The molecule has 2 rings (SSSR count). The van der Waals surface area contributed by atoms with Crippen molar-refractivity contribution in [3.05, 3.63) is 36.2 Å². The third-order valence-corrected chi connectivity index (χ3v) is 2.65. The van der Waals surface area contributed by atoms with Crippen LogP contribution in [-0.2, 0) is 4.74 Å². The summed E-state index contributed by atoms with van der Waals surface area (Å²) in [6.07, 6.45) is 2.50. The molecule has 0 atom stereocenters. The van der Waals surface area contributed by atoms with Crippen molar-refractivity contribution < 1.29 is 14.3 Å². The van der Waals surface area contributed by atoms with E-state index in [-0.39, 0.29) is 0 Å². The fourth-order valence-electron chi connectivity index (χ4n) is 1.77. The minimum absolute atomic E-state index is 0.387. The van der Waals surface area contributed by atoms with Crippen molar-refractivity contribution in [3.63, 3.8) is 0 Å². The van der Waals surface area contributed by atoms with Crippen molar-refractivity contribution in [3.8, 4) is 0 Å². The lowest BCUT2D eigenvalue weighted by atomic mass is 10.0. The van der Waals surface area contributed by atoms with Crippen LogP contribution in [0.2, 0.25) is 0 Å². The molecule has 0 spiro atoms. The second kappa shape index (κ2) is 5.31. The lowest BCUT2D eigenvalue weighted by Gasteiger charge is -2.24. The van der Waals surface area contributed by atoms with E-state index in [1.165, 1.54) is 4.90 Å². The molecule has 6 heteroatoms. The van der Waals surface area contributed by atoms with Gasteiger partial charge in [-0.25, -0.2) is 9.59 Å². The van der Waals surface area contributed by atoms with E-state index in [4.69, 9.17) is 5.73 Å². The number of amides is 2. The molecular formula is C12H13N3O3. The van der Waals surface area contributed by atoms with E-state index in [2.05, 4.69) is 9.72 Å². The van der Waals surface area contributed by atoms with Crippen molar-refractivity contribution in [1.82, 2.24) is 9.88 Å². The summed E-state index contributed by atoms with van der Waals surface area (Å²) in [6.45, 7) is 0.868. The molecule has 0 saturated heterocycles. The predicted octanol–water partition coefficient (Wildman–Crippen LogP) is 1.39.